The molecule has 4 nitrogen and oxygen atoms in total. The summed E-state index contributed by atoms with van der Waals surface area (Å²) >= 11 is 0. The van der Waals surface area contributed by atoms with Gasteiger partial charge in [0.25, 0.3) is 0 Å². The van der Waals surface area contributed by atoms with E-state index < -0.39 is 0 Å². The molecule has 0 saturated carbocycles. The van der Waals surface area contributed by atoms with Crippen molar-refractivity contribution >= 4 is 23.0 Å². The molecule has 0 saturated heterocycles. The van der Waals surface area contributed by atoms with E-state index in [1.807, 2.05) is 0 Å². The molecule has 0 spiro atoms. The second-order valence-corrected chi connectivity index (χ2v) is 10.3. The van der Waals surface area contributed by atoms with E-state index in [-0.39, 0.29) is 17.0 Å². The number of fused-ring (bicyclic) bond motifs is 2. The van der Waals surface area contributed by atoms with Crippen LogP contribution in [0.1, 0.15) is 64.4 Å². The van der Waals surface area contributed by atoms with Gasteiger partial charge in [-0.3, -0.25) is 0 Å². The molecular weight excluding hydrogens is 380 g/mol. The number of para-hydroxylation sites is 2. The van der Waals surface area contributed by atoms with Gasteiger partial charge in [-0.05, 0) is 50.5 Å². The zero-order chi connectivity index (χ0) is 22.0. The SMILES string of the molecule is Cc1ccccc1N1c2nc3c(nc2N(c2ccccc2)C1C)C(C)(C)CCC3(C)C. The van der Waals surface area contributed by atoms with E-state index in [9.17, 15) is 0 Å². The maximum atomic E-state index is 5.39. The Morgan fingerprint density at radius 2 is 1.26 bits per heavy atom. The molecule has 2 heterocycles. The predicted molar refractivity (Wildman–Crippen MR) is 129 cm³/mol. The van der Waals surface area contributed by atoms with Gasteiger partial charge in [0.1, 0.15) is 6.17 Å². The molecule has 5 rings (SSSR count). The largest absolute Gasteiger partial charge is 0.302 e. The molecule has 0 N–H and O–H groups in total. The summed E-state index contributed by atoms with van der Waals surface area (Å²) in [4.78, 5) is 15.5. The molecule has 1 unspecified atom stereocenters. The van der Waals surface area contributed by atoms with Gasteiger partial charge >= 0.3 is 0 Å². The summed E-state index contributed by atoms with van der Waals surface area (Å²) in [6, 6.07) is 19.2. The zero-order valence-corrected chi connectivity index (χ0v) is 19.5. The Kier molecular flexibility index (Phi) is 4.40. The Balaban J connectivity index is 1.79. The molecule has 160 valence electrons. The molecule has 0 amide bonds. The molecule has 2 aromatic carbocycles. The molecular formula is C27H32N4. The molecule has 3 aromatic rings. The predicted octanol–water partition coefficient (Wildman–Crippen LogP) is 6.77. The normalized spacial score (nSPS) is 21.0. The number of hydrogen-bond acceptors (Lipinski definition) is 4. The van der Waals surface area contributed by atoms with Gasteiger partial charge in [-0.25, -0.2) is 9.97 Å². The molecule has 0 bridgehead atoms. The van der Waals surface area contributed by atoms with Gasteiger partial charge in [-0.1, -0.05) is 64.1 Å². The van der Waals surface area contributed by atoms with Crippen LogP contribution in [0.3, 0.4) is 0 Å². The van der Waals surface area contributed by atoms with E-state index in [0.717, 1.165) is 41.6 Å². The number of benzene rings is 2. The minimum absolute atomic E-state index is 0.0215. The summed E-state index contributed by atoms with van der Waals surface area (Å²) in [5.41, 5.74) is 5.94. The van der Waals surface area contributed by atoms with E-state index in [1.165, 1.54) is 11.3 Å². The summed E-state index contributed by atoms with van der Waals surface area (Å²) in [5, 5.41) is 0. The number of rotatable bonds is 2. The standard InChI is InChI=1S/C27H32N4/c1-18-12-10-11-15-21(18)31-19(2)30(20-13-8-7-9-14-20)24-25(31)29-23-22(28-24)26(3,4)16-17-27(23,5)6/h7-15,19H,16-17H2,1-6H3. The van der Waals surface area contributed by atoms with Crippen LogP contribution in [0.4, 0.5) is 23.0 Å². The number of nitrogens with zero attached hydrogens (tertiary/aromatic N) is 4. The fourth-order valence-electron chi connectivity index (χ4n) is 5.09. The van der Waals surface area contributed by atoms with E-state index in [2.05, 4.69) is 106 Å². The molecule has 1 atom stereocenters. The summed E-state index contributed by atoms with van der Waals surface area (Å²) in [6.45, 7) is 13.7. The highest BCUT2D eigenvalue weighted by atomic mass is 15.5. The average molecular weight is 413 g/mol. The Hall–Kier alpha value is -2.88. The first-order chi connectivity index (χ1) is 14.7. The van der Waals surface area contributed by atoms with Crippen LogP contribution in [0.5, 0.6) is 0 Å². The minimum atomic E-state index is 0.0215. The van der Waals surface area contributed by atoms with Crippen molar-refractivity contribution in [3.05, 3.63) is 71.5 Å². The van der Waals surface area contributed by atoms with Crippen LogP contribution in [0.25, 0.3) is 0 Å². The maximum absolute atomic E-state index is 5.39. The fraction of sp³-hybridized carbons (Fsp3) is 0.407. The smallest absolute Gasteiger partial charge is 0.178 e. The van der Waals surface area contributed by atoms with Crippen molar-refractivity contribution in [1.29, 1.82) is 0 Å². The van der Waals surface area contributed by atoms with Crippen LogP contribution in [0.15, 0.2) is 54.6 Å². The van der Waals surface area contributed by atoms with E-state index >= 15 is 0 Å². The highest BCUT2D eigenvalue weighted by Crippen LogP contribution is 2.51. The van der Waals surface area contributed by atoms with E-state index in [0.29, 0.717) is 0 Å². The number of aromatic nitrogens is 2. The minimum Gasteiger partial charge on any atom is -0.302 e. The first kappa shape index (κ1) is 20.0. The quantitative estimate of drug-likeness (QED) is 0.465. The lowest BCUT2D eigenvalue weighted by Gasteiger charge is -2.40. The summed E-state index contributed by atoms with van der Waals surface area (Å²) in [5.74, 6) is 1.93. The third-order valence-electron chi connectivity index (χ3n) is 7.13. The lowest BCUT2D eigenvalue weighted by Crippen LogP contribution is -2.36. The number of anilines is 4. The molecule has 4 heteroatoms. The highest BCUT2D eigenvalue weighted by Gasteiger charge is 2.45. The Bertz CT molecular complexity index is 1130. The first-order valence-electron chi connectivity index (χ1n) is 11.3. The molecule has 0 radical (unpaired) electrons. The Morgan fingerprint density at radius 1 is 0.742 bits per heavy atom. The van der Waals surface area contributed by atoms with Crippen LogP contribution in [0, 0.1) is 6.92 Å². The van der Waals surface area contributed by atoms with Gasteiger partial charge in [-0.2, -0.15) is 0 Å². The lowest BCUT2D eigenvalue weighted by atomic mass is 9.67. The van der Waals surface area contributed by atoms with Crippen LogP contribution in [-0.2, 0) is 10.8 Å². The zero-order valence-electron chi connectivity index (χ0n) is 19.5. The topological polar surface area (TPSA) is 32.3 Å². The molecule has 1 aromatic heterocycles. The van der Waals surface area contributed by atoms with E-state index in [1.54, 1.807) is 0 Å². The second kappa shape index (κ2) is 6.81. The van der Waals surface area contributed by atoms with Crippen LogP contribution >= 0.6 is 0 Å². The Labute approximate surface area is 186 Å². The van der Waals surface area contributed by atoms with Crippen molar-refractivity contribution in [2.45, 2.75) is 71.4 Å². The number of aryl methyl sites for hydroxylation is 1. The average Bonchev–Trinajstić information content (AvgIpc) is 3.03. The van der Waals surface area contributed by atoms with E-state index in [4.69, 9.17) is 9.97 Å². The van der Waals surface area contributed by atoms with Crippen molar-refractivity contribution in [3.8, 4) is 0 Å². The van der Waals surface area contributed by atoms with Crippen LogP contribution in [0.2, 0.25) is 0 Å². The first-order valence-corrected chi connectivity index (χ1v) is 11.3. The lowest BCUT2D eigenvalue weighted by molar-refractivity contribution is 0.315. The number of hydrogen-bond donors (Lipinski definition) is 0. The molecule has 0 fully saturated rings. The van der Waals surface area contributed by atoms with Gasteiger partial charge in [-0.15, -0.1) is 0 Å². The molecule has 1 aliphatic heterocycles. The molecule has 2 aliphatic rings. The van der Waals surface area contributed by atoms with Crippen molar-refractivity contribution < 1.29 is 0 Å². The van der Waals surface area contributed by atoms with Gasteiger partial charge in [0.05, 0.1) is 11.4 Å². The summed E-state index contributed by atoms with van der Waals surface area (Å²) < 4.78 is 0. The van der Waals surface area contributed by atoms with Crippen molar-refractivity contribution in [2.24, 2.45) is 0 Å². The summed E-state index contributed by atoms with van der Waals surface area (Å²) in [6.07, 6.45) is 2.33. The van der Waals surface area contributed by atoms with Gasteiger partial charge in [0, 0.05) is 22.2 Å². The highest BCUT2D eigenvalue weighted by molar-refractivity contribution is 5.84. The van der Waals surface area contributed by atoms with Gasteiger partial charge in [0.15, 0.2) is 11.6 Å². The van der Waals surface area contributed by atoms with Crippen molar-refractivity contribution in [1.82, 2.24) is 9.97 Å². The maximum Gasteiger partial charge on any atom is 0.178 e. The van der Waals surface area contributed by atoms with Crippen LogP contribution in [-0.4, -0.2) is 16.1 Å². The third-order valence-corrected chi connectivity index (χ3v) is 7.13. The van der Waals surface area contributed by atoms with Gasteiger partial charge in [0.2, 0.25) is 0 Å². The molecule has 1 aliphatic carbocycles. The van der Waals surface area contributed by atoms with Crippen molar-refractivity contribution in [2.75, 3.05) is 9.80 Å². The monoisotopic (exact) mass is 412 g/mol. The van der Waals surface area contributed by atoms with Gasteiger partial charge < -0.3 is 9.80 Å². The summed E-state index contributed by atoms with van der Waals surface area (Å²) in [7, 11) is 0. The third kappa shape index (κ3) is 3.03. The molecule has 31 heavy (non-hydrogen) atoms. The second-order valence-electron chi connectivity index (χ2n) is 10.3. The fourth-order valence-corrected chi connectivity index (χ4v) is 5.09. The van der Waals surface area contributed by atoms with Crippen molar-refractivity contribution in [3.63, 3.8) is 0 Å². The van der Waals surface area contributed by atoms with Crippen LogP contribution < -0.4 is 9.80 Å². The Morgan fingerprint density at radius 3 is 1.84 bits per heavy atom.